The first-order valence-electron chi connectivity index (χ1n) is 5.63. The van der Waals surface area contributed by atoms with Crippen LogP contribution in [0.4, 0.5) is 0 Å². The van der Waals surface area contributed by atoms with Crippen molar-refractivity contribution in [2.45, 2.75) is 13.0 Å². The Morgan fingerprint density at radius 3 is 3.12 bits per heavy atom. The van der Waals surface area contributed by atoms with Crippen molar-refractivity contribution >= 4 is 11.3 Å². The second kappa shape index (κ2) is 6.37. The van der Waals surface area contributed by atoms with Crippen molar-refractivity contribution < 1.29 is 4.74 Å². The highest BCUT2D eigenvalue weighted by molar-refractivity contribution is 7.09. The highest BCUT2D eigenvalue weighted by atomic mass is 32.1. The van der Waals surface area contributed by atoms with E-state index in [9.17, 15) is 0 Å². The zero-order valence-corrected chi connectivity index (χ0v) is 10.7. The molecule has 0 fully saturated rings. The monoisotopic (exact) mass is 248 g/mol. The Hall–Kier alpha value is -1.39. The van der Waals surface area contributed by atoms with Gasteiger partial charge in [0.25, 0.3) is 0 Å². The normalized spacial score (nSPS) is 10.4. The van der Waals surface area contributed by atoms with E-state index in [1.807, 2.05) is 19.2 Å². The van der Waals surface area contributed by atoms with Gasteiger partial charge in [-0.15, -0.1) is 11.3 Å². The lowest BCUT2D eigenvalue weighted by Gasteiger charge is -2.06. The van der Waals surface area contributed by atoms with E-state index in [0.29, 0.717) is 12.5 Å². The van der Waals surface area contributed by atoms with E-state index in [1.165, 1.54) is 10.4 Å². The Balaban J connectivity index is 1.84. The second-order valence-corrected chi connectivity index (χ2v) is 4.74. The minimum Gasteiger partial charge on any atom is -0.477 e. The van der Waals surface area contributed by atoms with Crippen LogP contribution in [0.25, 0.3) is 0 Å². The Bertz CT molecular complexity index is 442. The topological polar surface area (TPSA) is 34.2 Å². The maximum absolute atomic E-state index is 5.63. The predicted octanol–water partition coefficient (Wildman–Crippen LogP) is 2.48. The third-order valence-electron chi connectivity index (χ3n) is 2.36. The average Bonchev–Trinajstić information content (AvgIpc) is 2.83. The Kier molecular flexibility index (Phi) is 4.53. The quantitative estimate of drug-likeness (QED) is 0.853. The van der Waals surface area contributed by atoms with E-state index < -0.39 is 0 Å². The van der Waals surface area contributed by atoms with Crippen LogP contribution in [0.3, 0.4) is 0 Å². The fraction of sp³-hybridized carbons (Fsp3) is 0.308. The summed E-state index contributed by atoms with van der Waals surface area (Å²) in [5.74, 6) is 0.703. The summed E-state index contributed by atoms with van der Waals surface area (Å²) in [7, 11) is 1.93. The minimum atomic E-state index is 0.677. The van der Waals surface area contributed by atoms with Gasteiger partial charge in [0.15, 0.2) is 0 Å². The molecule has 2 aromatic heterocycles. The molecule has 1 N–H and O–H groups in total. The number of hydrogen-bond donors (Lipinski definition) is 1. The largest absolute Gasteiger partial charge is 0.477 e. The maximum atomic E-state index is 5.63. The van der Waals surface area contributed by atoms with E-state index in [2.05, 4.69) is 27.8 Å². The van der Waals surface area contributed by atoms with Crippen molar-refractivity contribution in [1.82, 2.24) is 10.3 Å². The minimum absolute atomic E-state index is 0.677. The molecule has 17 heavy (non-hydrogen) atoms. The molecule has 0 aliphatic heterocycles. The molecule has 0 spiro atoms. The summed E-state index contributed by atoms with van der Waals surface area (Å²) in [4.78, 5) is 5.54. The molecule has 0 bridgehead atoms. The Morgan fingerprint density at radius 2 is 2.35 bits per heavy atom. The molecule has 90 valence electrons. The molecule has 0 amide bonds. The Labute approximate surface area is 105 Å². The van der Waals surface area contributed by atoms with Crippen LogP contribution in [0.2, 0.25) is 0 Å². The zero-order chi connectivity index (χ0) is 11.9. The highest BCUT2D eigenvalue weighted by Gasteiger charge is 1.99. The van der Waals surface area contributed by atoms with Gasteiger partial charge in [-0.2, -0.15) is 0 Å². The van der Waals surface area contributed by atoms with Gasteiger partial charge < -0.3 is 10.1 Å². The van der Waals surface area contributed by atoms with E-state index in [-0.39, 0.29) is 0 Å². The average molecular weight is 248 g/mol. The number of hydrogen-bond acceptors (Lipinski definition) is 4. The summed E-state index contributed by atoms with van der Waals surface area (Å²) < 4.78 is 5.63. The molecule has 3 nitrogen and oxygen atoms in total. The van der Waals surface area contributed by atoms with Crippen LogP contribution in [0.1, 0.15) is 10.4 Å². The fourth-order valence-corrected chi connectivity index (χ4v) is 2.24. The number of nitrogens with zero attached hydrogens (tertiary/aromatic N) is 1. The number of pyridine rings is 1. The molecule has 0 radical (unpaired) electrons. The standard InChI is InChI=1S/C13H16N2OS/c1-14-10-11-4-6-15-13(9-11)16-7-5-12-3-2-8-17-12/h2-4,6,8-9,14H,5,7,10H2,1H3. The van der Waals surface area contributed by atoms with Gasteiger partial charge in [0.1, 0.15) is 0 Å². The van der Waals surface area contributed by atoms with Gasteiger partial charge in [0.05, 0.1) is 6.61 Å². The highest BCUT2D eigenvalue weighted by Crippen LogP contribution is 2.12. The van der Waals surface area contributed by atoms with Crippen molar-refractivity contribution in [3.05, 3.63) is 46.3 Å². The van der Waals surface area contributed by atoms with E-state index in [0.717, 1.165) is 13.0 Å². The van der Waals surface area contributed by atoms with Crippen LogP contribution in [0.5, 0.6) is 5.88 Å². The zero-order valence-electron chi connectivity index (χ0n) is 9.85. The predicted molar refractivity (Wildman–Crippen MR) is 70.5 cm³/mol. The van der Waals surface area contributed by atoms with Gasteiger partial charge in [-0.05, 0) is 30.1 Å². The van der Waals surface area contributed by atoms with Crippen LogP contribution in [-0.4, -0.2) is 18.6 Å². The number of ether oxygens (including phenoxy) is 1. The molecule has 2 heterocycles. The first kappa shape index (κ1) is 12.1. The third kappa shape index (κ3) is 3.84. The van der Waals surface area contributed by atoms with Gasteiger partial charge in [-0.25, -0.2) is 4.98 Å². The lowest BCUT2D eigenvalue weighted by Crippen LogP contribution is -2.06. The van der Waals surface area contributed by atoms with Crippen LogP contribution >= 0.6 is 11.3 Å². The molecular formula is C13H16N2OS. The number of nitrogens with one attached hydrogen (secondary N) is 1. The SMILES string of the molecule is CNCc1ccnc(OCCc2cccs2)c1. The van der Waals surface area contributed by atoms with Crippen LogP contribution in [0.15, 0.2) is 35.8 Å². The van der Waals surface area contributed by atoms with Crippen LogP contribution in [0, 0.1) is 0 Å². The summed E-state index contributed by atoms with van der Waals surface area (Å²) in [5, 5.41) is 5.19. The van der Waals surface area contributed by atoms with Gasteiger partial charge in [-0.3, -0.25) is 0 Å². The fourth-order valence-electron chi connectivity index (χ4n) is 1.55. The number of aromatic nitrogens is 1. The molecule has 0 aromatic carbocycles. The molecule has 0 atom stereocenters. The molecule has 0 aliphatic rings. The molecule has 2 aromatic rings. The van der Waals surface area contributed by atoms with E-state index in [4.69, 9.17) is 4.74 Å². The van der Waals surface area contributed by atoms with Gasteiger partial charge in [0.2, 0.25) is 5.88 Å². The summed E-state index contributed by atoms with van der Waals surface area (Å²) in [6.45, 7) is 1.51. The van der Waals surface area contributed by atoms with Crippen molar-refractivity contribution in [3.63, 3.8) is 0 Å². The van der Waals surface area contributed by atoms with E-state index in [1.54, 1.807) is 17.5 Å². The second-order valence-electron chi connectivity index (χ2n) is 3.71. The van der Waals surface area contributed by atoms with Crippen LogP contribution in [-0.2, 0) is 13.0 Å². The molecule has 0 saturated carbocycles. The number of thiophene rings is 1. The van der Waals surface area contributed by atoms with Crippen molar-refractivity contribution in [3.8, 4) is 5.88 Å². The lowest BCUT2D eigenvalue weighted by molar-refractivity contribution is 0.310. The molecule has 0 saturated heterocycles. The van der Waals surface area contributed by atoms with Crippen molar-refractivity contribution in [2.75, 3.05) is 13.7 Å². The van der Waals surface area contributed by atoms with Crippen LogP contribution < -0.4 is 10.1 Å². The summed E-state index contributed by atoms with van der Waals surface area (Å²) in [6, 6.07) is 8.15. The maximum Gasteiger partial charge on any atom is 0.213 e. The smallest absolute Gasteiger partial charge is 0.213 e. The molecular weight excluding hydrogens is 232 g/mol. The summed E-state index contributed by atoms with van der Waals surface area (Å²) in [5.41, 5.74) is 1.19. The first-order chi connectivity index (χ1) is 8.38. The lowest BCUT2D eigenvalue weighted by atomic mass is 10.2. The molecule has 4 heteroatoms. The van der Waals surface area contributed by atoms with Gasteiger partial charge >= 0.3 is 0 Å². The van der Waals surface area contributed by atoms with Gasteiger partial charge in [0, 0.05) is 30.1 Å². The first-order valence-corrected chi connectivity index (χ1v) is 6.51. The summed E-state index contributed by atoms with van der Waals surface area (Å²) in [6.07, 6.45) is 2.72. The third-order valence-corrected chi connectivity index (χ3v) is 3.29. The van der Waals surface area contributed by atoms with E-state index >= 15 is 0 Å². The summed E-state index contributed by atoms with van der Waals surface area (Å²) >= 11 is 1.76. The molecule has 2 rings (SSSR count). The molecule has 0 unspecified atom stereocenters. The number of rotatable bonds is 6. The van der Waals surface area contributed by atoms with Gasteiger partial charge in [-0.1, -0.05) is 6.07 Å². The van der Waals surface area contributed by atoms with Crippen molar-refractivity contribution in [1.29, 1.82) is 0 Å². The molecule has 0 aliphatic carbocycles. The Morgan fingerprint density at radius 1 is 1.41 bits per heavy atom. The van der Waals surface area contributed by atoms with Crippen molar-refractivity contribution in [2.24, 2.45) is 0 Å².